The molecule has 2 aliphatic rings. The first-order valence-corrected chi connectivity index (χ1v) is 12.8. The van der Waals surface area contributed by atoms with Crippen molar-refractivity contribution in [1.82, 2.24) is 9.97 Å². The van der Waals surface area contributed by atoms with Gasteiger partial charge in [-0.05, 0) is 92.5 Å². The number of ether oxygens (including phenoxy) is 1. The molecule has 0 aliphatic heterocycles. The Hall–Kier alpha value is -2.23. The van der Waals surface area contributed by atoms with Gasteiger partial charge < -0.3 is 4.74 Å². The number of esters is 1. The predicted octanol–water partition coefficient (Wildman–Crippen LogP) is 7.02. The molecule has 0 N–H and O–H groups in total. The molecule has 172 valence electrons. The predicted molar refractivity (Wildman–Crippen MR) is 128 cm³/mol. The van der Waals surface area contributed by atoms with Crippen molar-refractivity contribution in [2.75, 3.05) is 0 Å². The molecular formula is C28H38N2O2. The first kappa shape index (κ1) is 22.9. The van der Waals surface area contributed by atoms with E-state index < -0.39 is 0 Å². The van der Waals surface area contributed by atoms with Crippen LogP contribution in [0.3, 0.4) is 0 Å². The Balaban J connectivity index is 1.25. The third-order valence-electron chi connectivity index (χ3n) is 7.82. The number of carbonyl (C=O) groups is 1. The molecule has 4 rings (SSSR count). The molecule has 4 heteroatoms. The molecule has 2 fully saturated rings. The van der Waals surface area contributed by atoms with Gasteiger partial charge >= 0.3 is 5.97 Å². The number of hydrogen-bond donors (Lipinski definition) is 0. The van der Waals surface area contributed by atoms with Gasteiger partial charge in [0.25, 0.3) is 0 Å². The van der Waals surface area contributed by atoms with Crippen LogP contribution in [0.4, 0.5) is 0 Å². The second-order valence-corrected chi connectivity index (χ2v) is 9.91. The van der Waals surface area contributed by atoms with Gasteiger partial charge in [0.05, 0.1) is 5.92 Å². The van der Waals surface area contributed by atoms with E-state index in [2.05, 4.69) is 23.8 Å². The highest BCUT2D eigenvalue weighted by Crippen LogP contribution is 2.42. The van der Waals surface area contributed by atoms with Crippen molar-refractivity contribution >= 4 is 5.97 Å². The summed E-state index contributed by atoms with van der Waals surface area (Å²) in [6.45, 7) is 4.48. The first-order chi connectivity index (χ1) is 15.7. The maximum Gasteiger partial charge on any atom is 0.314 e. The Morgan fingerprint density at radius 3 is 2.03 bits per heavy atom. The van der Waals surface area contributed by atoms with Crippen molar-refractivity contribution in [3.63, 3.8) is 0 Å². The van der Waals surface area contributed by atoms with Crippen molar-refractivity contribution in [3.8, 4) is 17.1 Å². The molecular weight excluding hydrogens is 396 g/mol. The number of rotatable bonds is 7. The van der Waals surface area contributed by atoms with Crippen LogP contribution in [0.2, 0.25) is 0 Å². The van der Waals surface area contributed by atoms with Gasteiger partial charge in [-0.1, -0.05) is 39.5 Å². The van der Waals surface area contributed by atoms with Gasteiger partial charge in [-0.2, -0.15) is 0 Å². The average Bonchev–Trinajstić information content (AvgIpc) is 2.85. The van der Waals surface area contributed by atoms with E-state index in [4.69, 9.17) is 4.74 Å². The summed E-state index contributed by atoms with van der Waals surface area (Å²) in [4.78, 5) is 21.7. The van der Waals surface area contributed by atoms with Gasteiger partial charge in [-0.25, -0.2) is 9.97 Å². The lowest BCUT2D eigenvalue weighted by atomic mass is 9.69. The second-order valence-electron chi connectivity index (χ2n) is 9.91. The summed E-state index contributed by atoms with van der Waals surface area (Å²) in [5.41, 5.74) is 2.09. The van der Waals surface area contributed by atoms with Crippen molar-refractivity contribution in [3.05, 3.63) is 42.2 Å². The number of hydrogen-bond acceptors (Lipinski definition) is 4. The largest absolute Gasteiger partial charge is 0.426 e. The van der Waals surface area contributed by atoms with Crippen LogP contribution >= 0.6 is 0 Å². The fourth-order valence-electron chi connectivity index (χ4n) is 5.69. The van der Waals surface area contributed by atoms with Gasteiger partial charge in [0.1, 0.15) is 5.75 Å². The minimum atomic E-state index is -0.0638. The topological polar surface area (TPSA) is 52.1 Å². The molecule has 0 saturated heterocycles. The smallest absolute Gasteiger partial charge is 0.314 e. The van der Waals surface area contributed by atoms with Gasteiger partial charge in [0, 0.05) is 18.0 Å². The summed E-state index contributed by atoms with van der Waals surface area (Å²) in [5.74, 6) is 3.96. The number of aryl methyl sites for hydroxylation is 1. The molecule has 0 amide bonds. The highest BCUT2D eigenvalue weighted by atomic mass is 16.5. The number of aromatic nitrogens is 2. The number of carbonyl (C=O) groups excluding carboxylic acids is 1. The number of benzene rings is 1. The Morgan fingerprint density at radius 1 is 0.875 bits per heavy atom. The molecule has 2 aliphatic carbocycles. The molecule has 0 spiro atoms. The summed E-state index contributed by atoms with van der Waals surface area (Å²) in [7, 11) is 0. The molecule has 0 unspecified atom stereocenters. The Bertz CT molecular complexity index is 846. The van der Waals surface area contributed by atoms with Crippen molar-refractivity contribution < 1.29 is 9.53 Å². The van der Waals surface area contributed by atoms with E-state index >= 15 is 0 Å². The first-order valence-electron chi connectivity index (χ1n) is 12.8. The third-order valence-corrected chi connectivity index (χ3v) is 7.82. The van der Waals surface area contributed by atoms with Crippen molar-refractivity contribution in [2.45, 2.75) is 84.5 Å². The van der Waals surface area contributed by atoms with Crippen LogP contribution in [0.25, 0.3) is 11.4 Å². The standard InChI is InChI=1S/C28H38N2O2/c1-3-5-21-18-29-27(30-19-21)24-14-16-26(17-15-24)32-28(31)25-12-10-23(11-13-25)22-8-6-20(4-2)7-9-22/h14-20,22-23,25H,3-13H2,1-2H3. The lowest BCUT2D eigenvalue weighted by Crippen LogP contribution is -2.30. The van der Waals surface area contributed by atoms with E-state index in [1.54, 1.807) is 0 Å². The monoisotopic (exact) mass is 434 g/mol. The summed E-state index contributed by atoms with van der Waals surface area (Å²) in [5, 5.41) is 0. The lowest BCUT2D eigenvalue weighted by Gasteiger charge is -2.37. The molecule has 1 aromatic carbocycles. The average molecular weight is 435 g/mol. The minimum absolute atomic E-state index is 0.0485. The molecule has 0 bridgehead atoms. The SMILES string of the molecule is CCCc1cnc(-c2ccc(OC(=O)C3CCC(C4CCC(CC)CC4)CC3)cc2)nc1. The summed E-state index contributed by atoms with van der Waals surface area (Å²) in [6.07, 6.45) is 17.2. The Labute approximate surface area is 193 Å². The zero-order valence-electron chi connectivity index (χ0n) is 19.8. The molecule has 0 atom stereocenters. The van der Waals surface area contributed by atoms with E-state index in [0.717, 1.165) is 54.6 Å². The van der Waals surface area contributed by atoms with Crippen LogP contribution in [-0.4, -0.2) is 15.9 Å². The van der Waals surface area contributed by atoms with E-state index in [0.29, 0.717) is 11.6 Å². The highest BCUT2D eigenvalue weighted by molar-refractivity contribution is 5.75. The van der Waals surface area contributed by atoms with Crippen molar-refractivity contribution in [1.29, 1.82) is 0 Å². The van der Waals surface area contributed by atoms with E-state index in [1.165, 1.54) is 44.9 Å². The minimum Gasteiger partial charge on any atom is -0.426 e. The summed E-state index contributed by atoms with van der Waals surface area (Å²) in [6, 6.07) is 7.57. The molecule has 2 aromatic rings. The molecule has 0 radical (unpaired) electrons. The van der Waals surface area contributed by atoms with Crippen LogP contribution < -0.4 is 4.74 Å². The zero-order valence-corrected chi connectivity index (χ0v) is 19.8. The fraction of sp³-hybridized carbons (Fsp3) is 0.607. The highest BCUT2D eigenvalue weighted by Gasteiger charge is 2.33. The maximum absolute atomic E-state index is 12.7. The molecule has 2 saturated carbocycles. The third kappa shape index (κ3) is 5.76. The van der Waals surface area contributed by atoms with Crippen LogP contribution in [0.1, 0.15) is 83.6 Å². The van der Waals surface area contributed by atoms with Crippen molar-refractivity contribution in [2.24, 2.45) is 23.7 Å². The number of nitrogens with zero attached hydrogens (tertiary/aromatic N) is 2. The summed E-state index contributed by atoms with van der Waals surface area (Å²) >= 11 is 0. The van der Waals surface area contributed by atoms with Crippen LogP contribution in [0, 0.1) is 23.7 Å². The molecule has 1 heterocycles. The molecule has 1 aromatic heterocycles. The lowest BCUT2D eigenvalue weighted by molar-refractivity contribution is -0.140. The van der Waals surface area contributed by atoms with Gasteiger partial charge in [-0.15, -0.1) is 0 Å². The van der Waals surface area contributed by atoms with Gasteiger partial charge in [0.15, 0.2) is 5.82 Å². The normalized spacial score (nSPS) is 25.9. The van der Waals surface area contributed by atoms with E-state index in [-0.39, 0.29) is 11.9 Å². The van der Waals surface area contributed by atoms with E-state index in [9.17, 15) is 4.79 Å². The maximum atomic E-state index is 12.7. The Morgan fingerprint density at radius 2 is 1.47 bits per heavy atom. The van der Waals surface area contributed by atoms with Crippen LogP contribution in [0.15, 0.2) is 36.7 Å². The van der Waals surface area contributed by atoms with Crippen LogP contribution in [-0.2, 0) is 11.2 Å². The molecule has 4 nitrogen and oxygen atoms in total. The second kappa shape index (κ2) is 11.1. The zero-order chi connectivity index (χ0) is 22.3. The van der Waals surface area contributed by atoms with Gasteiger partial charge in [-0.3, -0.25) is 4.79 Å². The summed E-state index contributed by atoms with van der Waals surface area (Å²) < 4.78 is 5.73. The quantitative estimate of drug-likeness (QED) is 0.347. The molecule has 32 heavy (non-hydrogen) atoms. The Kier molecular flexibility index (Phi) is 7.94. The van der Waals surface area contributed by atoms with Crippen LogP contribution in [0.5, 0.6) is 5.75 Å². The fourth-order valence-corrected chi connectivity index (χ4v) is 5.69. The van der Waals surface area contributed by atoms with E-state index in [1.807, 2.05) is 36.7 Å². The van der Waals surface area contributed by atoms with Gasteiger partial charge in [0.2, 0.25) is 0 Å².